The van der Waals surface area contributed by atoms with Crippen molar-refractivity contribution in [2.75, 3.05) is 0 Å². The summed E-state index contributed by atoms with van der Waals surface area (Å²) in [4.78, 5) is 0. The monoisotopic (exact) mass is 212 g/mol. The van der Waals surface area contributed by atoms with Crippen LogP contribution in [-0.4, -0.2) is 22.4 Å². The fourth-order valence-electron chi connectivity index (χ4n) is 1.63. The molecule has 2 atom stereocenters. The zero-order valence-corrected chi connectivity index (χ0v) is 9.87. The summed E-state index contributed by atoms with van der Waals surface area (Å²) < 4.78 is 5.07. The molecule has 0 fully saturated rings. The van der Waals surface area contributed by atoms with Crippen molar-refractivity contribution < 1.29 is 9.63 Å². The normalized spacial score (nSPS) is 15.3. The molecule has 0 aromatic carbocycles. The van der Waals surface area contributed by atoms with Crippen molar-refractivity contribution in [3.63, 3.8) is 0 Å². The summed E-state index contributed by atoms with van der Waals surface area (Å²) in [7, 11) is 0. The summed E-state index contributed by atoms with van der Waals surface area (Å²) >= 11 is 0. The molecule has 86 valence electrons. The van der Waals surface area contributed by atoms with E-state index in [1.807, 2.05) is 13.8 Å². The molecule has 4 nitrogen and oxygen atoms in total. The smallest absolute Gasteiger partial charge is 0.138 e. The number of aromatic nitrogens is 1. The molecule has 0 bridgehead atoms. The molecule has 0 aliphatic rings. The van der Waals surface area contributed by atoms with Crippen molar-refractivity contribution in [2.24, 2.45) is 0 Å². The third-order valence-corrected chi connectivity index (χ3v) is 2.50. The second-order valence-electron chi connectivity index (χ2n) is 4.17. The van der Waals surface area contributed by atoms with Crippen molar-refractivity contribution in [3.8, 4) is 0 Å². The standard InChI is InChI=1S/C11H20N2O2/c1-7(5-8(2)14)12-6-11-9(3)13-15-10(11)4/h7-8,12,14H,5-6H2,1-4H3. The minimum Gasteiger partial charge on any atom is -0.393 e. The summed E-state index contributed by atoms with van der Waals surface area (Å²) in [5.41, 5.74) is 2.05. The zero-order valence-electron chi connectivity index (χ0n) is 9.87. The molecule has 1 aromatic rings. The quantitative estimate of drug-likeness (QED) is 0.777. The third kappa shape index (κ3) is 3.64. The Balaban J connectivity index is 2.43. The predicted molar refractivity (Wildman–Crippen MR) is 58.6 cm³/mol. The molecule has 0 spiro atoms. The second-order valence-corrected chi connectivity index (χ2v) is 4.17. The number of aliphatic hydroxyl groups is 1. The highest BCUT2D eigenvalue weighted by molar-refractivity contribution is 5.20. The molecule has 2 unspecified atom stereocenters. The van der Waals surface area contributed by atoms with E-state index in [1.54, 1.807) is 6.92 Å². The molecule has 0 saturated carbocycles. The number of hydrogen-bond donors (Lipinski definition) is 2. The first-order valence-electron chi connectivity index (χ1n) is 5.34. The van der Waals surface area contributed by atoms with Gasteiger partial charge in [0.25, 0.3) is 0 Å². The van der Waals surface area contributed by atoms with Crippen LogP contribution < -0.4 is 5.32 Å². The van der Waals surface area contributed by atoms with Gasteiger partial charge in [-0.2, -0.15) is 0 Å². The molecule has 4 heteroatoms. The maximum atomic E-state index is 9.22. The van der Waals surface area contributed by atoms with E-state index >= 15 is 0 Å². The molecular weight excluding hydrogens is 192 g/mol. The van der Waals surface area contributed by atoms with Crippen molar-refractivity contribution in [3.05, 3.63) is 17.0 Å². The Hall–Kier alpha value is -0.870. The maximum Gasteiger partial charge on any atom is 0.138 e. The lowest BCUT2D eigenvalue weighted by molar-refractivity contribution is 0.170. The van der Waals surface area contributed by atoms with Gasteiger partial charge in [-0.15, -0.1) is 0 Å². The fourth-order valence-corrected chi connectivity index (χ4v) is 1.63. The van der Waals surface area contributed by atoms with Crippen molar-refractivity contribution in [1.29, 1.82) is 0 Å². The van der Waals surface area contributed by atoms with Crippen LogP contribution in [0.25, 0.3) is 0 Å². The molecule has 1 heterocycles. The summed E-state index contributed by atoms with van der Waals surface area (Å²) in [5.74, 6) is 0.865. The van der Waals surface area contributed by atoms with E-state index in [9.17, 15) is 5.11 Å². The average Bonchev–Trinajstić information content (AvgIpc) is 2.42. The predicted octanol–water partition coefficient (Wildman–Crippen LogP) is 1.54. The number of rotatable bonds is 5. The Morgan fingerprint density at radius 1 is 1.40 bits per heavy atom. The Morgan fingerprint density at radius 2 is 2.07 bits per heavy atom. The van der Waals surface area contributed by atoms with E-state index in [1.165, 1.54) is 0 Å². The number of hydrogen-bond acceptors (Lipinski definition) is 4. The van der Waals surface area contributed by atoms with Gasteiger partial charge in [0.15, 0.2) is 0 Å². The average molecular weight is 212 g/mol. The van der Waals surface area contributed by atoms with E-state index in [2.05, 4.69) is 17.4 Å². The summed E-state index contributed by atoms with van der Waals surface area (Å²) in [6.45, 7) is 8.46. The van der Waals surface area contributed by atoms with E-state index in [-0.39, 0.29) is 6.10 Å². The van der Waals surface area contributed by atoms with Crippen LogP contribution in [0.15, 0.2) is 4.52 Å². The number of nitrogens with one attached hydrogen (secondary N) is 1. The molecule has 0 aliphatic heterocycles. The van der Waals surface area contributed by atoms with Crippen LogP contribution >= 0.6 is 0 Å². The zero-order chi connectivity index (χ0) is 11.4. The van der Waals surface area contributed by atoms with Gasteiger partial charge in [-0.05, 0) is 34.1 Å². The number of aryl methyl sites for hydroxylation is 2. The molecule has 0 amide bonds. The Labute approximate surface area is 90.7 Å². The van der Waals surface area contributed by atoms with Gasteiger partial charge in [-0.1, -0.05) is 5.16 Å². The van der Waals surface area contributed by atoms with Crippen LogP contribution in [0, 0.1) is 13.8 Å². The molecule has 1 aromatic heterocycles. The first kappa shape index (κ1) is 12.2. The van der Waals surface area contributed by atoms with Gasteiger partial charge in [-0.25, -0.2) is 0 Å². The SMILES string of the molecule is Cc1noc(C)c1CNC(C)CC(C)O. The Kier molecular flexibility index (Phi) is 4.29. The summed E-state index contributed by atoms with van der Waals surface area (Å²) in [6, 6.07) is 0.290. The van der Waals surface area contributed by atoms with Crippen LogP contribution in [0.5, 0.6) is 0 Å². The Morgan fingerprint density at radius 3 is 2.53 bits per heavy atom. The third-order valence-electron chi connectivity index (χ3n) is 2.50. The molecule has 0 radical (unpaired) electrons. The van der Waals surface area contributed by atoms with Gasteiger partial charge in [0.05, 0.1) is 11.8 Å². The summed E-state index contributed by atoms with van der Waals surface area (Å²) in [5, 5.41) is 16.4. The molecule has 1 rings (SSSR count). The topological polar surface area (TPSA) is 58.3 Å². The van der Waals surface area contributed by atoms with Crippen molar-refractivity contribution in [1.82, 2.24) is 10.5 Å². The van der Waals surface area contributed by atoms with Gasteiger partial charge < -0.3 is 14.9 Å². The van der Waals surface area contributed by atoms with Crippen LogP contribution in [0.1, 0.15) is 37.3 Å². The van der Waals surface area contributed by atoms with E-state index in [0.29, 0.717) is 6.04 Å². The van der Waals surface area contributed by atoms with E-state index in [0.717, 1.165) is 30.0 Å². The fraction of sp³-hybridized carbons (Fsp3) is 0.727. The van der Waals surface area contributed by atoms with Crippen LogP contribution in [-0.2, 0) is 6.54 Å². The molecular formula is C11H20N2O2. The minimum atomic E-state index is -0.267. The lowest BCUT2D eigenvalue weighted by atomic mass is 10.1. The second kappa shape index (κ2) is 5.28. The maximum absolute atomic E-state index is 9.22. The lowest BCUT2D eigenvalue weighted by Gasteiger charge is -2.14. The highest BCUT2D eigenvalue weighted by Gasteiger charge is 2.11. The molecule has 0 saturated heterocycles. The van der Waals surface area contributed by atoms with Crippen molar-refractivity contribution >= 4 is 0 Å². The van der Waals surface area contributed by atoms with Gasteiger partial charge in [0.1, 0.15) is 5.76 Å². The van der Waals surface area contributed by atoms with Crippen LogP contribution in [0.3, 0.4) is 0 Å². The van der Waals surface area contributed by atoms with Gasteiger partial charge >= 0.3 is 0 Å². The highest BCUT2D eigenvalue weighted by Crippen LogP contribution is 2.12. The minimum absolute atomic E-state index is 0.267. The summed E-state index contributed by atoms with van der Waals surface area (Å²) in [6.07, 6.45) is 0.487. The van der Waals surface area contributed by atoms with Gasteiger partial charge in [-0.3, -0.25) is 0 Å². The number of aliphatic hydroxyl groups excluding tert-OH is 1. The van der Waals surface area contributed by atoms with Gasteiger partial charge in [0.2, 0.25) is 0 Å². The molecule has 0 aliphatic carbocycles. The number of nitrogens with zero attached hydrogens (tertiary/aromatic N) is 1. The highest BCUT2D eigenvalue weighted by atomic mass is 16.5. The van der Waals surface area contributed by atoms with Gasteiger partial charge in [0, 0.05) is 18.2 Å². The van der Waals surface area contributed by atoms with Crippen LogP contribution in [0.2, 0.25) is 0 Å². The first-order chi connectivity index (χ1) is 7.00. The van der Waals surface area contributed by atoms with E-state index in [4.69, 9.17) is 4.52 Å². The Bertz CT molecular complexity index is 288. The van der Waals surface area contributed by atoms with E-state index < -0.39 is 0 Å². The largest absolute Gasteiger partial charge is 0.393 e. The lowest BCUT2D eigenvalue weighted by Crippen LogP contribution is -2.29. The van der Waals surface area contributed by atoms with Crippen LogP contribution in [0.4, 0.5) is 0 Å². The van der Waals surface area contributed by atoms with Crippen molar-refractivity contribution in [2.45, 2.75) is 52.8 Å². The molecule has 2 N–H and O–H groups in total. The first-order valence-corrected chi connectivity index (χ1v) is 5.34. The molecule has 15 heavy (non-hydrogen) atoms.